The minimum atomic E-state index is -0.582. The second-order valence-electron chi connectivity index (χ2n) is 7.72. The van der Waals surface area contributed by atoms with Crippen molar-refractivity contribution in [1.82, 2.24) is 9.88 Å². The quantitative estimate of drug-likeness (QED) is 0.632. The van der Waals surface area contributed by atoms with E-state index in [1.807, 2.05) is 31.2 Å². The molecule has 1 aromatic carbocycles. The number of hydrogen-bond acceptors (Lipinski definition) is 6. The van der Waals surface area contributed by atoms with Crippen molar-refractivity contribution in [3.8, 4) is 5.75 Å². The Labute approximate surface area is 175 Å². The molecule has 0 atom stereocenters. The number of amides is 1. The summed E-state index contributed by atoms with van der Waals surface area (Å²) in [7, 11) is 1.79. The Kier molecular flexibility index (Phi) is 7.25. The third-order valence-electron chi connectivity index (χ3n) is 5.40. The van der Waals surface area contributed by atoms with E-state index in [9.17, 15) is 9.59 Å². The van der Waals surface area contributed by atoms with Crippen LogP contribution in [-0.2, 0) is 16.1 Å². The van der Waals surface area contributed by atoms with Gasteiger partial charge in [-0.15, -0.1) is 11.3 Å². The maximum absolute atomic E-state index is 12.4. The number of carbonyl (C=O) groups excluding carboxylic acids is 2. The third-order valence-corrected chi connectivity index (χ3v) is 6.22. The van der Waals surface area contributed by atoms with Crippen molar-refractivity contribution in [2.75, 3.05) is 13.7 Å². The van der Waals surface area contributed by atoms with Gasteiger partial charge in [0.05, 0.1) is 0 Å². The number of carbonyl (C=O) groups is 2. The number of esters is 1. The van der Waals surface area contributed by atoms with Crippen LogP contribution in [0.4, 0.5) is 0 Å². The Morgan fingerprint density at radius 3 is 2.55 bits per heavy atom. The van der Waals surface area contributed by atoms with Gasteiger partial charge in [0.2, 0.25) is 0 Å². The number of benzene rings is 1. The fourth-order valence-electron chi connectivity index (χ4n) is 3.39. The first-order chi connectivity index (χ1) is 13.9. The number of nitrogens with zero attached hydrogens (tertiary/aromatic N) is 2. The van der Waals surface area contributed by atoms with E-state index in [0.717, 1.165) is 42.9 Å². The average Bonchev–Trinajstić information content (AvgIpc) is 3.20. The molecule has 7 heteroatoms. The molecule has 0 radical (unpaired) electrons. The topological polar surface area (TPSA) is 68.7 Å². The lowest BCUT2D eigenvalue weighted by atomic mass is 9.87. The summed E-state index contributed by atoms with van der Waals surface area (Å²) in [6.45, 7) is 4.28. The van der Waals surface area contributed by atoms with Crippen molar-refractivity contribution in [2.24, 2.45) is 5.92 Å². The number of thiazole rings is 1. The van der Waals surface area contributed by atoms with E-state index in [0.29, 0.717) is 5.01 Å². The molecular weight excluding hydrogens is 388 g/mol. The van der Waals surface area contributed by atoms with Gasteiger partial charge in [0.25, 0.3) is 5.91 Å². The average molecular weight is 417 g/mol. The maximum atomic E-state index is 12.4. The molecular formula is C22H28N2O4S. The third kappa shape index (κ3) is 6.03. The van der Waals surface area contributed by atoms with Gasteiger partial charge in [-0.25, -0.2) is 9.78 Å². The summed E-state index contributed by atoms with van der Waals surface area (Å²) in [5, 5.41) is 2.31. The lowest BCUT2D eigenvalue weighted by Crippen LogP contribution is -2.41. The highest BCUT2D eigenvalue weighted by atomic mass is 32.1. The first-order valence-corrected chi connectivity index (χ1v) is 10.9. The molecule has 0 aliphatic heterocycles. The van der Waals surface area contributed by atoms with Gasteiger partial charge in [0.1, 0.15) is 17.4 Å². The van der Waals surface area contributed by atoms with Crippen molar-refractivity contribution in [3.63, 3.8) is 0 Å². The molecule has 0 N–H and O–H groups in total. The molecule has 6 nitrogen and oxygen atoms in total. The number of rotatable bonds is 7. The molecule has 1 heterocycles. The van der Waals surface area contributed by atoms with Crippen LogP contribution in [-0.4, -0.2) is 41.5 Å². The van der Waals surface area contributed by atoms with Crippen LogP contribution >= 0.6 is 11.3 Å². The summed E-state index contributed by atoms with van der Waals surface area (Å²) >= 11 is 1.33. The smallest absolute Gasteiger partial charge is 0.358 e. The van der Waals surface area contributed by atoms with Crippen LogP contribution in [0.2, 0.25) is 0 Å². The van der Waals surface area contributed by atoms with E-state index < -0.39 is 5.97 Å². The van der Waals surface area contributed by atoms with Gasteiger partial charge in [0.15, 0.2) is 12.3 Å². The lowest BCUT2D eigenvalue weighted by molar-refractivity contribution is -0.136. The number of likely N-dealkylation sites (N-methyl/N-ethyl adjacent to an activating group) is 1. The van der Waals surface area contributed by atoms with Crippen LogP contribution in [0.15, 0.2) is 29.6 Å². The Bertz CT molecular complexity index is 826. The molecule has 3 rings (SSSR count). The van der Waals surface area contributed by atoms with Crippen LogP contribution in [0, 0.1) is 12.8 Å². The van der Waals surface area contributed by atoms with Crippen LogP contribution < -0.4 is 4.74 Å². The van der Waals surface area contributed by atoms with E-state index in [-0.39, 0.29) is 30.9 Å². The molecule has 2 aromatic rings. The molecule has 29 heavy (non-hydrogen) atoms. The summed E-state index contributed by atoms with van der Waals surface area (Å²) in [4.78, 5) is 30.6. The van der Waals surface area contributed by atoms with Gasteiger partial charge in [-0.2, -0.15) is 0 Å². The molecule has 0 saturated heterocycles. The minimum absolute atomic E-state index is 0.170. The molecule has 0 bridgehead atoms. The molecule has 1 fully saturated rings. The SMILES string of the molecule is Cc1ccc(OCc2nc(C(=O)OCC(=O)N(C)C3CCC(C)CC3)cs2)cc1. The highest BCUT2D eigenvalue weighted by Gasteiger charge is 2.25. The van der Waals surface area contributed by atoms with Crippen molar-refractivity contribution in [2.45, 2.75) is 52.2 Å². The second-order valence-corrected chi connectivity index (χ2v) is 8.67. The molecule has 1 amide bonds. The van der Waals surface area contributed by atoms with Crippen LogP contribution in [0.5, 0.6) is 5.75 Å². The first-order valence-electron chi connectivity index (χ1n) is 9.99. The second kappa shape index (κ2) is 9.87. The Morgan fingerprint density at radius 2 is 1.86 bits per heavy atom. The predicted octanol–water partition coefficient (Wildman–Crippen LogP) is 4.22. The van der Waals surface area contributed by atoms with Gasteiger partial charge in [0, 0.05) is 18.5 Å². The zero-order valence-corrected chi connectivity index (χ0v) is 18.0. The first kappa shape index (κ1) is 21.3. The zero-order chi connectivity index (χ0) is 20.8. The number of aromatic nitrogens is 1. The zero-order valence-electron chi connectivity index (χ0n) is 17.2. The van der Waals surface area contributed by atoms with Crippen molar-refractivity contribution in [1.29, 1.82) is 0 Å². The van der Waals surface area contributed by atoms with E-state index in [4.69, 9.17) is 9.47 Å². The Morgan fingerprint density at radius 1 is 1.17 bits per heavy atom. The van der Waals surface area contributed by atoms with Crippen LogP contribution in [0.3, 0.4) is 0 Å². The van der Waals surface area contributed by atoms with Gasteiger partial charge in [-0.1, -0.05) is 24.6 Å². The van der Waals surface area contributed by atoms with E-state index in [2.05, 4.69) is 11.9 Å². The number of ether oxygens (including phenoxy) is 2. The van der Waals surface area contributed by atoms with Crippen LogP contribution in [0.25, 0.3) is 0 Å². The van der Waals surface area contributed by atoms with Crippen molar-refractivity contribution >= 4 is 23.2 Å². The van der Waals surface area contributed by atoms with Crippen molar-refractivity contribution < 1.29 is 19.1 Å². The lowest BCUT2D eigenvalue weighted by Gasteiger charge is -2.33. The fourth-order valence-corrected chi connectivity index (χ4v) is 4.06. The van der Waals surface area contributed by atoms with E-state index in [1.165, 1.54) is 11.3 Å². The van der Waals surface area contributed by atoms with Crippen LogP contribution in [0.1, 0.15) is 53.7 Å². The van der Waals surface area contributed by atoms with Gasteiger partial charge >= 0.3 is 5.97 Å². The molecule has 0 spiro atoms. The molecule has 0 unspecified atom stereocenters. The molecule has 156 valence electrons. The predicted molar refractivity (Wildman–Crippen MR) is 112 cm³/mol. The molecule has 1 saturated carbocycles. The van der Waals surface area contributed by atoms with Gasteiger partial charge in [-0.3, -0.25) is 4.79 Å². The summed E-state index contributed by atoms with van der Waals surface area (Å²) in [5.74, 6) is 0.722. The van der Waals surface area contributed by atoms with E-state index >= 15 is 0 Å². The minimum Gasteiger partial charge on any atom is -0.486 e. The Hall–Kier alpha value is -2.41. The van der Waals surface area contributed by atoms with Gasteiger partial charge in [-0.05, 0) is 50.7 Å². The number of aryl methyl sites for hydroxylation is 1. The fraction of sp³-hybridized carbons (Fsp3) is 0.500. The maximum Gasteiger partial charge on any atom is 0.358 e. The largest absolute Gasteiger partial charge is 0.486 e. The highest BCUT2D eigenvalue weighted by Crippen LogP contribution is 2.26. The van der Waals surface area contributed by atoms with E-state index in [1.54, 1.807) is 17.3 Å². The molecule has 1 aliphatic rings. The molecule has 1 aliphatic carbocycles. The monoisotopic (exact) mass is 416 g/mol. The Balaban J connectivity index is 1.44. The standard InChI is InChI=1S/C22H28N2O4S/c1-15-4-8-17(9-5-15)24(3)21(25)13-28-22(26)19-14-29-20(23-19)12-27-18-10-6-16(2)7-11-18/h6-7,10-11,14-15,17H,4-5,8-9,12-13H2,1-3H3. The summed E-state index contributed by atoms with van der Waals surface area (Å²) < 4.78 is 10.9. The number of hydrogen-bond donors (Lipinski definition) is 0. The normalized spacial score (nSPS) is 18.9. The molecule has 1 aromatic heterocycles. The van der Waals surface area contributed by atoms with Crippen molar-refractivity contribution in [3.05, 3.63) is 45.9 Å². The summed E-state index contributed by atoms with van der Waals surface area (Å²) in [6.07, 6.45) is 4.28. The highest BCUT2D eigenvalue weighted by molar-refractivity contribution is 7.09. The summed E-state index contributed by atoms with van der Waals surface area (Å²) in [5.41, 5.74) is 1.37. The van der Waals surface area contributed by atoms with Gasteiger partial charge < -0.3 is 14.4 Å². The summed E-state index contributed by atoms with van der Waals surface area (Å²) in [6, 6.07) is 7.98.